The summed E-state index contributed by atoms with van der Waals surface area (Å²) in [7, 11) is 0. The third-order valence-electron chi connectivity index (χ3n) is 3.46. The van der Waals surface area contributed by atoms with Gasteiger partial charge in [0.15, 0.2) is 0 Å². The largest absolute Gasteiger partial charge is 0.0922 e. The molecule has 1 saturated carbocycles. The van der Waals surface area contributed by atoms with Gasteiger partial charge < -0.3 is 0 Å². The molecule has 1 aliphatic rings. The Bertz CT molecular complexity index is 129. The maximum Gasteiger partial charge on any atom is 0.00931 e. The quantitative estimate of drug-likeness (QED) is 0.630. The van der Waals surface area contributed by atoms with Crippen LogP contribution in [0.5, 0.6) is 0 Å². The van der Waals surface area contributed by atoms with E-state index in [2.05, 4.69) is 36.7 Å². The second-order valence-corrected chi connectivity index (χ2v) is 4.72. The van der Waals surface area contributed by atoms with Crippen molar-refractivity contribution < 1.29 is 0 Å². The van der Waals surface area contributed by atoms with Crippen LogP contribution in [0.3, 0.4) is 0 Å². The van der Waals surface area contributed by atoms with Crippen LogP contribution in [-0.2, 0) is 0 Å². The van der Waals surface area contributed by atoms with Crippen LogP contribution < -0.4 is 0 Å². The minimum absolute atomic E-state index is 0.677. The topological polar surface area (TPSA) is 0 Å². The van der Waals surface area contributed by atoms with Gasteiger partial charge in [-0.3, -0.25) is 0 Å². The molecule has 0 N–H and O–H groups in total. The van der Waals surface area contributed by atoms with Crippen LogP contribution in [0.25, 0.3) is 0 Å². The van der Waals surface area contributed by atoms with Gasteiger partial charge in [0, 0.05) is 5.33 Å². The highest BCUT2D eigenvalue weighted by molar-refractivity contribution is 9.09. The van der Waals surface area contributed by atoms with Gasteiger partial charge in [-0.1, -0.05) is 49.5 Å². The Morgan fingerprint density at radius 2 is 2.18 bits per heavy atom. The van der Waals surface area contributed by atoms with Gasteiger partial charge in [-0.2, -0.15) is 0 Å². The van der Waals surface area contributed by atoms with E-state index in [1.807, 2.05) is 0 Å². The SMILES string of the molecule is CCCC(C)C1(CBr)CC1C. The average Bonchev–Trinajstić information content (AvgIpc) is 2.63. The van der Waals surface area contributed by atoms with Crippen molar-refractivity contribution in [3.63, 3.8) is 0 Å². The molecular weight excluding hydrogens is 200 g/mol. The molecule has 1 rings (SSSR count). The zero-order chi connectivity index (χ0) is 8.48. The maximum atomic E-state index is 3.64. The summed E-state index contributed by atoms with van der Waals surface area (Å²) in [6.07, 6.45) is 4.18. The standard InChI is InChI=1S/C10H19Br/c1-4-5-8(2)10(7-11)6-9(10)3/h8-9H,4-7H2,1-3H3. The summed E-state index contributed by atoms with van der Waals surface area (Å²) in [5.41, 5.74) is 0.677. The molecule has 0 saturated heterocycles. The van der Waals surface area contributed by atoms with Crippen LogP contribution in [0, 0.1) is 17.3 Å². The summed E-state index contributed by atoms with van der Waals surface area (Å²) in [4.78, 5) is 0. The van der Waals surface area contributed by atoms with Crippen molar-refractivity contribution >= 4 is 15.9 Å². The highest BCUT2D eigenvalue weighted by Crippen LogP contribution is 2.59. The molecule has 3 atom stereocenters. The predicted octanol–water partition coefficient (Wildman–Crippen LogP) is 3.84. The van der Waals surface area contributed by atoms with Crippen LogP contribution in [0.4, 0.5) is 0 Å². The summed E-state index contributed by atoms with van der Waals surface area (Å²) in [5, 5.41) is 1.21. The van der Waals surface area contributed by atoms with Crippen LogP contribution >= 0.6 is 15.9 Å². The molecule has 0 bridgehead atoms. The van der Waals surface area contributed by atoms with Gasteiger partial charge in [-0.25, -0.2) is 0 Å². The van der Waals surface area contributed by atoms with Gasteiger partial charge in [0.1, 0.15) is 0 Å². The van der Waals surface area contributed by atoms with Gasteiger partial charge >= 0.3 is 0 Å². The second kappa shape index (κ2) is 3.47. The Hall–Kier alpha value is 0.480. The fraction of sp³-hybridized carbons (Fsp3) is 1.00. The molecule has 0 heterocycles. The zero-order valence-corrected chi connectivity index (χ0v) is 9.45. The van der Waals surface area contributed by atoms with E-state index in [-0.39, 0.29) is 0 Å². The highest BCUT2D eigenvalue weighted by atomic mass is 79.9. The Morgan fingerprint density at radius 1 is 1.64 bits per heavy atom. The third-order valence-corrected chi connectivity index (χ3v) is 4.50. The van der Waals surface area contributed by atoms with E-state index >= 15 is 0 Å². The fourth-order valence-corrected chi connectivity index (χ4v) is 3.57. The molecule has 11 heavy (non-hydrogen) atoms. The van der Waals surface area contributed by atoms with Gasteiger partial charge in [0.2, 0.25) is 0 Å². The van der Waals surface area contributed by atoms with E-state index in [0.717, 1.165) is 11.8 Å². The average molecular weight is 219 g/mol. The molecule has 0 aromatic carbocycles. The lowest BCUT2D eigenvalue weighted by Crippen LogP contribution is -2.16. The normalized spacial score (nSPS) is 38.7. The Kier molecular flexibility index (Phi) is 3.02. The maximum absolute atomic E-state index is 3.64. The summed E-state index contributed by atoms with van der Waals surface area (Å²) < 4.78 is 0. The molecule has 3 unspecified atom stereocenters. The smallest absolute Gasteiger partial charge is 0.00931 e. The van der Waals surface area contributed by atoms with Crippen molar-refractivity contribution in [1.29, 1.82) is 0 Å². The minimum Gasteiger partial charge on any atom is -0.0922 e. The highest BCUT2D eigenvalue weighted by Gasteiger charge is 2.52. The second-order valence-electron chi connectivity index (χ2n) is 4.16. The summed E-state index contributed by atoms with van der Waals surface area (Å²) in [5.74, 6) is 1.88. The lowest BCUT2D eigenvalue weighted by molar-refractivity contribution is 0.324. The summed E-state index contributed by atoms with van der Waals surface area (Å²) in [6, 6.07) is 0. The van der Waals surface area contributed by atoms with E-state index < -0.39 is 0 Å². The van der Waals surface area contributed by atoms with Crippen molar-refractivity contribution in [2.45, 2.75) is 40.0 Å². The Labute approximate surface area is 78.9 Å². The lowest BCUT2D eigenvalue weighted by atomic mass is 9.87. The number of hydrogen-bond donors (Lipinski definition) is 0. The molecule has 0 aromatic rings. The van der Waals surface area contributed by atoms with Crippen molar-refractivity contribution in [2.24, 2.45) is 17.3 Å². The Balaban J connectivity index is 2.44. The van der Waals surface area contributed by atoms with Gasteiger partial charge in [-0.05, 0) is 23.7 Å². The van der Waals surface area contributed by atoms with E-state index in [1.54, 1.807) is 0 Å². The molecule has 1 fully saturated rings. The molecular formula is C10H19Br. The first-order chi connectivity index (χ1) is 5.17. The van der Waals surface area contributed by atoms with Gasteiger partial charge in [-0.15, -0.1) is 0 Å². The number of hydrogen-bond acceptors (Lipinski definition) is 0. The first-order valence-electron chi connectivity index (χ1n) is 4.73. The first-order valence-corrected chi connectivity index (χ1v) is 5.85. The van der Waals surface area contributed by atoms with Gasteiger partial charge in [0.25, 0.3) is 0 Å². The number of rotatable bonds is 4. The molecule has 66 valence electrons. The molecule has 0 aliphatic heterocycles. The summed E-state index contributed by atoms with van der Waals surface area (Å²) in [6.45, 7) is 7.08. The van der Waals surface area contributed by atoms with E-state index in [0.29, 0.717) is 5.41 Å². The molecule has 0 nitrogen and oxygen atoms in total. The van der Waals surface area contributed by atoms with Crippen molar-refractivity contribution in [3.8, 4) is 0 Å². The van der Waals surface area contributed by atoms with Crippen molar-refractivity contribution in [3.05, 3.63) is 0 Å². The van der Waals surface area contributed by atoms with Crippen LogP contribution in [-0.4, -0.2) is 5.33 Å². The van der Waals surface area contributed by atoms with Crippen LogP contribution in [0.1, 0.15) is 40.0 Å². The van der Waals surface area contributed by atoms with E-state index in [1.165, 1.54) is 24.6 Å². The van der Waals surface area contributed by atoms with Crippen LogP contribution in [0.2, 0.25) is 0 Å². The molecule has 1 heteroatoms. The lowest BCUT2D eigenvalue weighted by Gasteiger charge is -2.21. The zero-order valence-electron chi connectivity index (χ0n) is 7.86. The number of alkyl halides is 1. The van der Waals surface area contributed by atoms with E-state index in [9.17, 15) is 0 Å². The number of halogens is 1. The molecule has 0 radical (unpaired) electrons. The summed E-state index contributed by atoms with van der Waals surface area (Å²) >= 11 is 3.64. The predicted molar refractivity (Wildman–Crippen MR) is 54.1 cm³/mol. The minimum atomic E-state index is 0.677. The molecule has 1 aliphatic carbocycles. The monoisotopic (exact) mass is 218 g/mol. The Morgan fingerprint density at radius 3 is 2.45 bits per heavy atom. The molecule has 0 spiro atoms. The van der Waals surface area contributed by atoms with Crippen molar-refractivity contribution in [1.82, 2.24) is 0 Å². The third kappa shape index (κ3) is 1.63. The fourth-order valence-electron chi connectivity index (χ4n) is 2.24. The molecule has 0 amide bonds. The first kappa shape index (κ1) is 9.57. The van der Waals surface area contributed by atoms with Crippen molar-refractivity contribution in [2.75, 3.05) is 5.33 Å². The van der Waals surface area contributed by atoms with Crippen LogP contribution in [0.15, 0.2) is 0 Å². The van der Waals surface area contributed by atoms with Gasteiger partial charge in [0.05, 0.1) is 0 Å². The molecule has 0 aromatic heterocycles. The van der Waals surface area contributed by atoms with E-state index in [4.69, 9.17) is 0 Å².